The number of ether oxygens (including phenoxy) is 1. The number of piperidine rings is 3. The molecule has 1 saturated carbocycles. The molecule has 4 fully saturated rings. The molecular weight excluding hydrogens is 448 g/mol. The van der Waals surface area contributed by atoms with E-state index in [4.69, 9.17) is 9.15 Å². The summed E-state index contributed by atoms with van der Waals surface area (Å²) in [5.74, 6) is 1.41. The summed E-state index contributed by atoms with van der Waals surface area (Å²) >= 11 is 0. The number of likely N-dealkylation sites (tertiary alicyclic amines) is 1. The lowest BCUT2D eigenvalue weighted by molar-refractivity contribution is -0.126. The Hall–Kier alpha value is -1.56. The number of nitrogens with one attached hydrogen (secondary N) is 4. The normalized spacial score (nSPS) is 33.0. The number of fused-ring (bicyclic) bond motifs is 1. The fourth-order valence-corrected chi connectivity index (χ4v) is 5.97. The Morgan fingerprint density at radius 1 is 1.29 bits per heavy atom. The van der Waals surface area contributed by atoms with E-state index in [0.29, 0.717) is 37.7 Å². The van der Waals surface area contributed by atoms with Crippen molar-refractivity contribution in [3.05, 3.63) is 18.4 Å². The molecule has 1 amide bonds. The van der Waals surface area contributed by atoms with Crippen LogP contribution in [0.15, 0.2) is 17.0 Å². The third kappa shape index (κ3) is 7.02. The number of aliphatic hydroxyl groups is 1. The molecule has 4 heterocycles. The van der Waals surface area contributed by atoms with E-state index >= 15 is 0 Å². The summed E-state index contributed by atoms with van der Waals surface area (Å²) < 4.78 is 11.2. The van der Waals surface area contributed by atoms with Gasteiger partial charge in [-0.1, -0.05) is 6.42 Å². The van der Waals surface area contributed by atoms with E-state index in [2.05, 4.69) is 31.2 Å². The second-order valence-corrected chi connectivity index (χ2v) is 10.8. The molecule has 0 radical (unpaired) electrons. The molecule has 5 rings (SSSR count). The summed E-state index contributed by atoms with van der Waals surface area (Å²) in [7, 11) is 0. The third-order valence-electron chi connectivity index (χ3n) is 8.23. The predicted octanol–water partition coefficient (Wildman–Crippen LogP) is 0.536. The van der Waals surface area contributed by atoms with Crippen molar-refractivity contribution in [2.75, 3.05) is 32.7 Å². The van der Waals surface area contributed by atoms with Crippen molar-refractivity contribution in [1.82, 2.24) is 31.2 Å². The zero-order valence-corrected chi connectivity index (χ0v) is 20.7. The minimum atomic E-state index is -0.546. The Morgan fingerprint density at radius 3 is 3.00 bits per heavy atom. The Bertz CT molecular complexity index is 791. The number of oxazole rings is 1. The fourth-order valence-electron chi connectivity index (χ4n) is 5.97. The minimum absolute atomic E-state index is 0.0179. The van der Waals surface area contributed by atoms with Crippen molar-refractivity contribution in [3.63, 3.8) is 0 Å². The molecule has 6 atom stereocenters. The maximum absolute atomic E-state index is 12.7. The molecule has 0 spiro atoms. The van der Waals surface area contributed by atoms with Crippen molar-refractivity contribution < 1.29 is 19.1 Å². The summed E-state index contributed by atoms with van der Waals surface area (Å²) in [4.78, 5) is 19.0. The van der Waals surface area contributed by atoms with Crippen LogP contribution in [0.1, 0.15) is 57.1 Å². The van der Waals surface area contributed by atoms with Crippen LogP contribution in [-0.2, 0) is 16.1 Å². The highest BCUT2D eigenvalue weighted by Gasteiger charge is 2.35. The number of β-amino-alcohol motifs (C(OH)–C–C–N with tert-alkyl or cyclic N) is 1. The first-order valence-corrected chi connectivity index (χ1v) is 13.5. The van der Waals surface area contributed by atoms with E-state index in [1.807, 2.05) is 0 Å². The van der Waals surface area contributed by atoms with Gasteiger partial charge in [-0.25, -0.2) is 4.98 Å². The van der Waals surface area contributed by atoms with E-state index in [1.54, 1.807) is 6.20 Å². The molecule has 4 aliphatic rings. The molecule has 1 aromatic rings. The maximum Gasteiger partial charge on any atom is 0.223 e. The number of hydrogen-bond acceptors (Lipinski definition) is 9. The van der Waals surface area contributed by atoms with Gasteiger partial charge in [-0.05, 0) is 64.0 Å². The zero-order valence-electron chi connectivity index (χ0n) is 20.7. The van der Waals surface area contributed by atoms with Crippen LogP contribution >= 0.6 is 0 Å². The predicted molar refractivity (Wildman–Crippen MR) is 130 cm³/mol. The highest BCUT2D eigenvalue weighted by Crippen LogP contribution is 2.28. The van der Waals surface area contributed by atoms with Gasteiger partial charge in [0.05, 0.1) is 18.5 Å². The zero-order chi connectivity index (χ0) is 24.0. The van der Waals surface area contributed by atoms with Gasteiger partial charge in [-0.2, -0.15) is 0 Å². The average Bonchev–Trinajstić information content (AvgIpc) is 3.37. The van der Waals surface area contributed by atoms with E-state index in [-0.39, 0.29) is 24.2 Å². The van der Waals surface area contributed by atoms with E-state index in [9.17, 15) is 9.90 Å². The molecule has 3 aliphatic heterocycles. The van der Waals surface area contributed by atoms with Crippen LogP contribution in [-0.4, -0.2) is 84.2 Å². The van der Waals surface area contributed by atoms with Crippen molar-refractivity contribution in [3.8, 4) is 0 Å². The van der Waals surface area contributed by atoms with Crippen molar-refractivity contribution in [1.29, 1.82) is 0 Å². The standard InChI is InChI=1S/C25H42N6O4/c32-20(11-28-25(33)17-6-8-27-23(10-17)29-19-2-1-3-19)14-31-9-7-22-18(13-31)4-5-24(30-22)34-15-21-12-26-16-35-21/h12,16-20,22-24,27,29-30,32H,1-11,13-15H2,(H,28,33)/t17?,18?,20-,22?,23?,24?/m0/s1. The lowest BCUT2D eigenvalue weighted by atomic mass is 9.84. The highest BCUT2D eigenvalue weighted by atomic mass is 16.5. The van der Waals surface area contributed by atoms with Gasteiger partial charge in [0.2, 0.25) is 5.91 Å². The topological polar surface area (TPSA) is 124 Å². The monoisotopic (exact) mass is 490 g/mol. The molecule has 10 nitrogen and oxygen atoms in total. The number of nitrogens with zero attached hydrogens (tertiary/aromatic N) is 2. The van der Waals surface area contributed by atoms with Crippen LogP contribution in [0.3, 0.4) is 0 Å². The van der Waals surface area contributed by atoms with Gasteiger partial charge < -0.3 is 29.8 Å². The SMILES string of the molecule is O=C(NC[C@H](O)CN1CCC2NC(OCc3cnco3)CCC2C1)C1CCNC(NC2CCC2)C1. The smallest absolute Gasteiger partial charge is 0.223 e. The van der Waals surface area contributed by atoms with Crippen LogP contribution < -0.4 is 21.3 Å². The van der Waals surface area contributed by atoms with Gasteiger partial charge in [-0.15, -0.1) is 0 Å². The first-order chi connectivity index (χ1) is 17.1. The number of rotatable bonds is 10. The lowest BCUT2D eigenvalue weighted by Crippen LogP contribution is -2.57. The second-order valence-electron chi connectivity index (χ2n) is 10.8. The van der Waals surface area contributed by atoms with Gasteiger partial charge in [0, 0.05) is 37.6 Å². The molecule has 35 heavy (non-hydrogen) atoms. The van der Waals surface area contributed by atoms with Crippen molar-refractivity contribution in [2.45, 2.75) is 88.6 Å². The maximum atomic E-state index is 12.7. The molecule has 1 aromatic heterocycles. The molecule has 0 bridgehead atoms. The molecule has 0 aromatic carbocycles. The number of amides is 1. The first-order valence-electron chi connectivity index (χ1n) is 13.5. The third-order valence-corrected chi connectivity index (χ3v) is 8.23. The summed E-state index contributed by atoms with van der Waals surface area (Å²) in [6.07, 6.45) is 11.4. The summed E-state index contributed by atoms with van der Waals surface area (Å²) in [6.45, 7) is 4.14. The van der Waals surface area contributed by atoms with Crippen LogP contribution in [0.4, 0.5) is 0 Å². The van der Waals surface area contributed by atoms with E-state index in [0.717, 1.165) is 57.5 Å². The van der Waals surface area contributed by atoms with Gasteiger partial charge in [0.15, 0.2) is 6.39 Å². The fraction of sp³-hybridized carbons (Fsp3) is 0.840. The Labute approximate surface area is 207 Å². The van der Waals surface area contributed by atoms with Crippen LogP contribution in [0.2, 0.25) is 0 Å². The Morgan fingerprint density at radius 2 is 2.20 bits per heavy atom. The number of hydrogen-bond donors (Lipinski definition) is 5. The van der Waals surface area contributed by atoms with Gasteiger partial charge >= 0.3 is 0 Å². The summed E-state index contributed by atoms with van der Waals surface area (Å²) in [5.41, 5.74) is 0. The molecule has 5 N–H and O–H groups in total. The van der Waals surface area contributed by atoms with E-state index < -0.39 is 6.10 Å². The molecular formula is C25H42N6O4. The summed E-state index contributed by atoms with van der Waals surface area (Å²) in [6, 6.07) is 1.05. The highest BCUT2D eigenvalue weighted by molar-refractivity contribution is 5.78. The molecule has 1 aliphatic carbocycles. The van der Waals surface area contributed by atoms with Gasteiger partial charge in [0.1, 0.15) is 18.6 Å². The molecule has 5 unspecified atom stereocenters. The minimum Gasteiger partial charge on any atom is -0.446 e. The summed E-state index contributed by atoms with van der Waals surface area (Å²) in [5, 5.41) is 24.4. The number of aliphatic hydroxyl groups excluding tert-OH is 1. The van der Waals surface area contributed by atoms with E-state index in [1.165, 1.54) is 25.7 Å². The largest absolute Gasteiger partial charge is 0.446 e. The Kier molecular flexibility index (Phi) is 8.69. The first kappa shape index (κ1) is 25.1. The van der Waals surface area contributed by atoms with Crippen LogP contribution in [0, 0.1) is 11.8 Å². The molecule has 3 saturated heterocycles. The van der Waals surface area contributed by atoms with Gasteiger partial charge in [-0.3, -0.25) is 15.4 Å². The number of carbonyl (C=O) groups excluding carboxylic acids is 1. The molecule has 10 heteroatoms. The Balaban J connectivity index is 0.978. The van der Waals surface area contributed by atoms with Crippen LogP contribution in [0.5, 0.6) is 0 Å². The van der Waals surface area contributed by atoms with Gasteiger partial charge in [0.25, 0.3) is 0 Å². The number of carbonyl (C=O) groups is 1. The van der Waals surface area contributed by atoms with Crippen molar-refractivity contribution >= 4 is 5.91 Å². The lowest BCUT2D eigenvalue weighted by Gasteiger charge is -2.44. The quantitative estimate of drug-likeness (QED) is 0.320. The molecule has 196 valence electrons. The average molecular weight is 491 g/mol. The van der Waals surface area contributed by atoms with Crippen molar-refractivity contribution in [2.24, 2.45) is 11.8 Å². The number of aromatic nitrogens is 1. The van der Waals surface area contributed by atoms with Crippen LogP contribution in [0.25, 0.3) is 0 Å². The second kappa shape index (κ2) is 12.1.